The van der Waals surface area contributed by atoms with E-state index < -0.39 is 0 Å². The quantitative estimate of drug-likeness (QED) is 0.618. The Labute approximate surface area is 118 Å². The van der Waals surface area contributed by atoms with Crippen molar-refractivity contribution in [1.82, 2.24) is 5.32 Å². The van der Waals surface area contributed by atoms with Crippen molar-refractivity contribution in [3.63, 3.8) is 0 Å². The third kappa shape index (κ3) is 5.57. The first-order valence-corrected chi connectivity index (χ1v) is 6.79. The van der Waals surface area contributed by atoms with Gasteiger partial charge in [0.25, 0.3) is 0 Å². The average molecular weight is 291 g/mol. The molecule has 0 radical (unpaired) electrons. The molecule has 0 unspecified atom stereocenters. The average Bonchev–Trinajstić information content (AvgIpc) is 2.29. The lowest BCUT2D eigenvalue weighted by Crippen LogP contribution is -2.29. The first kappa shape index (κ1) is 14.6. The number of halogens is 2. The van der Waals surface area contributed by atoms with Crippen molar-refractivity contribution in [2.24, 2.45) is 0 Å². The molecule has 0 saturated heterocycles. The Bertz CT molecular complexity index is 383. The van der Waals surface area contributed by atoms with Crippen LogP contribution in [0.3, 0.4) is 0 Å². The Balaban J connectivity index is 2.42. The number of benzene rings is 1. The molecule has 0 saturated carbocycles. The van der Waals surface area contributed by atoms with Crippen molar-refractivity contribution in [2.45, 2.75) is 26.2 Å². The fourth-order valence-electron chi connectivity index (χ4n) is 1.34. The zero-order chi connectivity index (χ0) is 12.7. The summed E-state index contributed by atoms with van der Waals surface area (Å²) in [5.41, 5.74) is 0.729. The van der Waals surface area contributed by atoms with Gasteiger partial charge in [-0.15, -0.1) is 0 Å². The van der Waals surface area contributed by atoms with Gasteiger partial charge in [0.2, 0.25) is 0 Å². The molecule has 0 bridgehead atoms. The second-order valence-corrected chi connectivity index (χ2v) is 4.96. The van der Waals surface area contributed by atoms with Crippen LogP contribution in [0.1, 0.15) is 26.2 Å². The van der Waals surface area contributed by atoms with E-state index in [2.05, 4.69) is 17.6 Å². The first-order valence-electron chi connectivity index (χ1n) is 5.63. The minimum Gasteiger partial charge on any atom is -0.362 e. The van der Waals surface area contributed by atoms with Crippen LogP contribution < -0.4 is 10.6 Å². The third-order valence-corrected chi connectivity index (χ3v) is 3.05. The highest BCUT2D eigenvalue weighted by molar-refractivity contribution is 7.80. The van der Waals surface area contributed by atoms with Crippen molar-refractivity contribution in [2.75, 3.05) is 11.9 Å². The van der Waals surface area contributed by atoms with Crippen LogP contribution in [0, 0.1) is 0 Å². The number of unbranched alkanes of at least 4 members (excludes halogenated alkanes) is 2. The predicted octanol–water partition coefficient (Wildman–Crippen LogP) is 4.47. The van der Waals surface area contributed by atoms with Gasteiger partial charge in [0, 0.05) is 11.6 Å². The van der Waals surface area contributed by atoms with Gasteiger partial charge in [0.1, 0.15) is 0 Å². The maximum Gasteiger partial charge on any atom is 0.170 e. The molecule has 0 heterocycles. The second kappa shape index (κ2) is 7.75. The third-order valence-electron chi connectivity index (χ3n) is 2.24. The Morgan fingerprint density at radius 1 is 1.29 bits per heavy atom. The zero-order valence-corrected chi connectivity index (χ0v) is 12.1. The molecule has 0 aromatic heterocycles. The highest BCUT2D eigenvalue weighted by atomic mass is 35.5. The zero-order valence-electron chi connectivity index (χ0n) is 9.72. The number of anilines is 1. The van der Waals surface area contributed by atoms with Crippen LogP contribution in [0.15, 0.2) is 18.2 Å². The summed E-state index contributed by atoms with van der Waals surface area (Å²) in [6.45, 7) is 3.04. The molecule has 1 aromatic rings. The van der Waals surface area contributed by atoms with Crippen molar-refractivity contribution >= 4 is 46.2 Å². The molecule has 2 N–H and O–H groups in total. The molecule has 1 aromatic carbocycles. The van der Waals surface area contributed by atoms with Gasteiger partial charge in [-0.2, -0.15) is 0 Å². The molecule has 0 aliphatic rings. The van der Waals surface area contributed by atoms with Crippen LogP contribution in [0.4, 0.5) is 5.69 Å². The molecular formula is C12H16Cl2N2S. The Kier molecular flexibility index (Phi) is 6.63. The molecule has 0 atom stereocenters. The van der Waals surface area contributed by atoms with Gasteiger partial charge in [-0.05, 0) is 36.8 Å². The van der Waals surface area contributed by atoms with Crippen LogP contribution in [0.2, 0.25) is 10.0 Å². The Morgan fingerprint density at radius 3 is 2.76 bits per heavy atom. The van der Waals surface area contributed by atoms with Crippen LogP contribution in [-0.4, -0.2) is 11.7 Å². The molecule has 0 fully saturated rings. The van der Waals surface area contributed by atoms with Crippen molar-refractivity contribution < 1.29 is 0 Å². The first-order chi connectivity index (χ1) is 8.13. The monoisotopic (exact) mass is 290 g/mol. The van der Waals surface area contributed by atoms with E-state index in [-0.39, 0.29) is 0 Å². The fourth-order valence-corrected chi connectivity index (χ4v) is 1.89. The van der Waals surface area contributed by atoms with E-state index in [9.17, 15) is 0 Å². The van der Waals surface area contributed by atoms with Crippen LogP contribution in [0.5, 0.6) is 0 Å². The summed E-state index contributed by atoms with van der Waals surface area (Å²) in [6.07, 6.45) is 3.51. The van der Waals surface area contributed by atoms with Gasteiger partial charge in [0.15, 0.2) is 5.11 Å². The van der Waals surface area contributed by atoms with Crippen molar-refractivity contribution in [3.05, 3.63) is 28.2 Å². The molecule has 0 aliphatic carbocycles. The summed E-state index contributed by atoms with van der Waals surface area (Å²) in [7, 11) is 0. The van der Waals surface area contributed by atoms with Gasteiger partial charge in [0.05, 0.1) is 10.7 Å². The lowest BCUT2D eigenvalue weighted by molar-refractivity contribution is 0.698. The van der Waals surface area contributed by atoms with E-state index in [4.69, 9.17) is 35.4 Å². The lowest BCUT2D eigenvalue weighted by atomic mass is 10.2. The molecule has 0 amide bonds. The smallest absolute Gasteiger partial charge is 0.170 e. The summed E-state index contributed by atoms with van der Waals surface area (Å²) in [5, 5.41) is 7.97. The van der Waals surface area contributed by atoms with E-state index in [1.54, 1.807) is 18.2 Å². The summed E-state index contributed by atoms with van der Waals surface area (Å²) in [6, 6.07) is 5.24. The van der Waals surface area contributed by atoms with Gasteiger partial charge in [-0.1, -0.05) is 43.0 Å². The van der Waals surface area contributed by atoms with Crippen LogP contribution >= 0.6 is 35.4 Å². The van der Waals surface area contributed by atoms with E-state index in [0.717, 1.165) is 18.7 Å². The van der Waals surface area contributed by atoms with E-state index in [1.807, 2.05) is 0 Å². The fraction of sp³-hybridized carbons (Fsp3) is 0.417. The summed E-state index contributed by atoms with van der Waals surface area (Å²) < 4.78 is 0. The SMILES string of the molecule is CCCCCNC(=S)Nc1cc(Cl)ccc1Cl. The van der Waals surface area contributed by atoms with Crippen molar-refractivity contribution in [1.29, 1.82) is 0 Å². The molecule has 0 spiro atoms. The molecule has 94 valence electrons. The van der Waals surface area contributed by atoms with Gasteiger partial charge in [-0.25, -0.2) is 0 Å². The molecule has 0 aliphatic heterocycles. The van der Waals surface area contributed by atoms with Gasteiger partial charge < -0.3 is 10.6 Å². The lowest BCUT2D eigenvalue weighted by Gasteiger charge is -2.11. The second-order valence-electron chi connectivity index (χ2n) is 3.71. The minimum absolute atomic E-state index is 0.574. The number of hydrogen-bond acceptors (Lipinski definition) is 1. The highest BCUT2D eigenvalue weighted by Gasteiger charge is 2.03. The Morgan fingerprint density at radius 2 is 2.06 bits per heavy atom. The highest BCUT2D eigenvalue weighted by Crippen LogP contribution is 2.25. The molecule has 1 rings (SSSR count). The largest absolute Gasteiger partial charge is 0.362 e. The van der Waals surface area contributed by atoms with E-state index in [0.29, 0.717) is 15.2 Å². The minimum atomic E-state index is 0.574. The molecular weight excluding hydrogens is 275 g/mol. The van der Waals surface area contributed by atoms with Crippen LogP contribution in [-0.2, 0) is 0 Å². The molecule has 2 nitrogen and oxygen atoms in total. The van der Waals surface area contributed by atoms with Crippen molar-refractivity contribution in [3.8, 4) is 0 Å². The Hall–Kier alpha value is -0.510. The predicted molar refractivity (Wildman–Crippen MR) is 80.2 cm³/mol. The topological polar surface area (TPSA) is 24.1 Å². The standard InChI is InChI=1S/C12H16Cl2N2S/c1-2-3-4-7-15-12(17)16-11-8-9(13)5-6-10(11)14/h5-6,8H,2-4,7H2,1H3,(H2,15,16,17). The van der Waals surface area contributed by atoms with Gasteiger partial charge >= 0.3 is 0 Å². The number of nitrogens with one attached hydrogen (secondary N) is 2. The molecule has 5 heteroatoms. The molecule has 17 heavy (non-hydrogen) atoms. The maximum absolute atomic E-state index is 6.02. The summed E-state index contributed by atoms with van der Waals surface area (Å²) in [4.78, 5) is 0. The van der Waals surface area contributed by atoms with E-state index in [1.165, 1.54) is 12.8 Å². The summed E-state index contributed by atoms with van der Waals surface area (Å²) in [5.74, 6) is 0. The van der Waals surface area contributed by atoms with Crippen LogP contribution in [0.25, 0.3) is 0 Å². The summed E-state index contributed by atoms with van der Waals surface area (Å²) >= 11 is 17.1. The van der Waals surface area contributed by atoms with Gasteiger partial charge in [-0.3, -0.25) is 0 Å². The van der Waals surface area contributed by atoms with E-state index >= 15 is 0 Å². The maximum atomic E-state index is 6.02. The number of hydrogen-bond donors (Lipinski definition) is 2. The number of rotatable bonds is 5. The number of thiocarbonyl (C=S) groups is 1. The normalized spacial score (nSPS) is 10.1.